The SMILES string of the molecule is CC(=O)C1(c2ccc(C)c(Br)c2)CC1. The van der Waals surface area contributed by atoms with E-state index >= 15 is 0 Å². The fourth-order valence-corrected chi connectivity index (χ4v) is 2.24. The van der Waals surface area contributed by atoms with E-state index in [-0.39, 0.29) is 5.41 Å². The molecule has 0 heterocycles. The second-order valence-electron chi connectivity index (χ2n) is 4.10. The summed E-state index contributed by atoms with van der Waals surface area (Å²) in [6.07, 6.45) is 2.02. The molecule has 0 aromatic heterocycles. The lowest BCUT2D eigenvalue weighted by Crippen LogP contribution is -2.16. The average Bonchev–Trinajstić information content (AvgIpc) is 2.90. The van der Waals surface area contributed by atoms with E-state index in [1.54, 1.807) is 6.92 Å². The minimum Gasteiger partial charge on any atom is -0.299 e. The minimum absolute atomic E-state index is 0.143. The van der Waals surface area contributed by atoms with Crippen LogP contribution in [0, 0.1) is 6.92 Å². The molecule has 0 unspecified atom stereocenters. The molecule has 1 aliphatic carbocycles. The Morgan fingerprint density at radius 3 is 2.50 bits per heavy atom. The molecule has 0 amide bonds. The van der Waals surface area contributed by atoms with Crippen LogP contribution in [-0.2, 0) is 10.2 Å². The smallest absolute Gasteiger partial charge is 0.140 e. The Bertz CT molecular complexity index is 391. The van der Waals surface area contributed by atoms with Crippen LogP contribution in [0.15, 0.2) is 22.7 Å². The summed E-state index contributed by atoms with van der Waals surface area (Å²) < 4.78 is 1.10. The molecule has 0 spiro atoms. The Morgan fingerprint density at radius 2 is 2.07 bits per heavy atom. The number of carbonyl (C=O) groups is 1. The normalized spacial score (nSPS) is 17.9. The lowest BCUT2D eigenvalue weighted by Gasteiger charge is -2.12. The van der Waals surface area contributed by atoms with Gasteiger partial charge in [0.2, 0.25) is 0 Å². The van der Waals surface area contributed by atoms with Crippen molar-refractivity contribution in [1.29, 1.82) is 0 Å². The van der Waals surface area contributed by atoms with E-state index in [9.17, 15) is 4.79 Å². The molecule has 2 rings (SSSR count). The fraction of sp³-hybridized carbons (Fsp3) is 0.417. The molecule has 0 radical (unpaired) electrons. The van der Waals surface area contributed by atoms with Gasteiger partial charge in [-0.2, -0.15) is 0 Å². The molecule has 14 heavy (non-hydrogen) atoms. The predicted molar refractivity (Wildman–Crippen MR) is 60.5 cm³/mol. The number of benzene rings is 1. The highest BCUT2D eigenvalue weighted by Crippen LogP contribution is 2.49. The van der Waals surface area contributed by atoms with Crippen molar-refractivity contribution in [2.75, 3.05) is 0 Å². The van der Waals surface area contributed by atoms with Gasteiger partial charge >= 0.3 is 0 Å². The first kappa shape index (κ1) is 9.91. The number of halogens is 1. The highest BCUT2D eigenvalue weighted by molar-refractivity contribution is 9.10. The summed E-state index contributed by atoms with van der Waals surface area (Å²) in [7, 11) is 0. The molecular weight excluding hydrogens is 240 g/mol. The van der Waals surface area contributed by atoms with Gasteiger partial charge in [0.05, 0.1) is 5.41 Å². The summed E-state index contributed by atoms with van der Waals surface area (Å²) in [5, 5.41) is 0. The Kier molecular flexibility index (Phi) is 2.26. The van der Waals surface area contributed by atoms with Gasteiger partial charge < -0.3 is 0 Å². The first-order valence-electron chi connectivity index (χ1n) is 4.84. The van der Waals surface area contributed by atoms with Gasteiger partial charge in [0, 0.05) is 4.47 Å². The summed E-state index contributed by atoms with van der Waals surface area (Å²) in [5.74, 6) is 0.299. The molecule has 1 aliphatic rings. The first-order chi connectivity index (χ1) is 6.56. The van der Waals surface area contributed by atoms with Gasteiger partial charge in [-0.15, -0.1) is 0 Å². The summed E-state index contributed by atoms with van der Waals surface area (Å²) in [5.41, 5.74) is 2.24. The summed E-state index contributed by atoms with van der Waals surface area (Å²) >= 11 is 3.50. The maximum absolute atomic E-state index is 11.5. The maximum Gasteiger partial charge on any atom is 0.140 e. The largest absolute Gasteiger partial charge is 0.299 e. The topological polar surface area (TPSA) is 17.1 Å². The van der Waals surface area contributed by atoms with Crippen LogP contribution in [-0.4, -0.2) is 5.78 Å². The number of hydrogen-bond donors (Lipinski definition) is 0. The zero-order valence-electron chi connectivity index (χ0n) is 8.43. The van der Waals surface area contributed by atoms with Crippen LogP contribution in [0.2, 0.25) is 0 Å². The van der Waals surface area contributed by atoms with Crippen LogP contribution in [0.3, 0.4) is 0 Å². The second-order valence-corrected chi connectivity index (χ2v) is 4.96. The van der Waals surface area contributed by atoms with Crippen LogP contribution in [0.1, 0.15) is 30.9 Å². The second kappa shape index (κ2) is 3.20. The third-order valence-corrected chi connectivity index (χ3v) is 4.00. The number of hydrogen-bond acceptors (Lipinski definition) is 1. The molecule has 0 N–H and O–H groups in total. The van der Waals surface area contributed by atoms with Crippen LogP contribution in [0.25, 0.3) is 0 Å². The average molecular weight is 253 g/mol. The molecule has 1 nitrogen and oxygen atoms in total. The van der Waals surface area contributed by atoms with Crippen molar-refractivity contribution in [3.05, 3.63) is 33.8 Å². The van der Waals surface area contributed by atoms with Gasteiger partial charge in [-0.25, -0.2) is 0 Å². The van der Waals surface area contributed by atoms with Crippen LogP contribution in [0.4, 0.5) is 0 Å². The van der Waals surface area contributed by atoms with Crippen molar-refractivity contribution in [1.82, 2.24) is 0 Å². The van der Waals surface area contributed by atoms with Gasteiger partial charge in [-0.1, -0.05) is 28.1 Å². The van der Waals surface area contributed by atoms with E-state index < -0.39 is 0 Å². The van der Waals surface area contributed by atoms with Crippen molar-refractivity contribution in [3.8, 4) is 0 Å². The van der Waals surface area contributed by atoms with Gasteiger partial charge in [0.15, 0.2) is 0 Å². The summed E-state index contributed by atoms with van der Waals surface area (Å²) in [4.78, 5) is 11.5. The molecule has 1 saturated carbocycles. The van der Waals surface area contributed by atoms with E-state index in [2.05, 4.69) is 41.1 Å². The number of rotatable bonds is 2. The van der Waals surface area contributed by atoms with Crippen LogP contribution < -0.4 is 0 Å². The third kappa shape index (κ3) is 1.42. The van der Waals surface area contributed by atoms with E-state index in [0.29, 0.717) is 5.78 Å². The lowest BCUT2D eigenvalue weighted by molar-refractivity contribution is -0.119. The molecule has 0 saturated heterocycles. The van der Waals surface area contributed by atoms with Gasteiger partial charge in [0.25, 0.3) is 0 Å². The Morgan fingerprint density at radius 1 is 1.43 bits per heavy atom. The zero-order chi connectivity index (χ0) is 10.3. The minimum atomic E-state index is -0.143. The lowest BCUT2D eigenvalue weighted by atomic mass is 9.92. The van der Waals surface area contributed by atoms with Gasteiger partial charge in [-0.05, 0) is 43.9 Å². The maximum atomic E-state index is 11.5. The molecule has 1 aromatic rings. The number of ketones is 1. The van der Waals surface area contributed by atoms with Crippen molar-refractivity contribution in [3.63, 3.8) is 0 Å². The number of Topliss-reactive ketones (excluding diaryl/α,β-unsaturated/α-hetero) is 1. The molecule has 1 aromatic carbocycles. The number of aryl methyl sites for hydroxylation is 1. The zero-order valence-corrected chi connectivity index (χ0v) is 10.0. The van der Waals surface area contributed by atoms with E-state index in [1.165, 1.54) is 11.1 Å². The van der Waals surface area contributed by atoms with Crippen molar-refractivity contribution in [2.45, 2.75) is 32.1 Å². The fourth-order valence-electron chi connectivity index (χ4n) is 1.86. The van der Waals surface area contributed by atoms with Crippen LogP contribution in [0.5, 0.6) is 0 Å². The Balaban J connectivity index is 2.43. The van der Waals surface area contributed by atoms with E-state index in [0.717, 1.165) is 17.3 Å². The quantitative estimate of drug-likeness (QED) is 0.789. The number of carbonyl (C=O) groups excluding carboxylic acids is 1. The highest BCUT2D eigenvalue weighted by Gasteiger charge is 2.48. The molecule has 1 fully saturated rings. The standard InChI is InChI=1S/C12H13BrO/c1-8-3-4-10(7-11(8)13)12(5-6-12)9(2)14/h3-4,7H,5-6H2,1-2H3. The molecule has 0 atom stereocenters. The van der Waals surface area contributed by atoms with Gasteiger partial charge in [0.1, 0.15) is 5.78 Å². The monoisotopic (exact) mass is 252 g/mol. The Labute approximate surface area is 92.6 Å². The van der Waals surface area contributed by atoms with Gasteiger partial charge in [-0.3, -0.25) is 4.79 Å². The molecule has 2 heteroatoms. The van der Waals surface area contributed by atoms with Crippen molar-refractivity contribution >= 4 is 21.7 Å². The third-order valence-electron chi connectivity index (χ3n) is 3.15. The molecule has 0 aliphatic heterocycles. The summed E-state index contributed by atoms with van der Waals surface area (Å²) in [6.45, 7) is 3.75. The predicted octanol–water partition coefficient (Wildman–Crippen LogP) is 3.38. The molecule has 74 valence electrons. The van der Waals surface area contributed by atoms with Crippen LogP contribution >= 0.6 is 15.9 Å². The molecular formula is C12H13BrO. The Hall–Kier alpha value is -0.630. The highest BCUT2D eigenvalue weighted by atomic mass is 79.9. The van der Waals surface area contributed by atoms with E-state index in [1.807, 2.05) is 0 Å². The van der Waals surface area contributed by atoms with E-state index in [4.69, 9.17) is 0 Å². The molecule has 0 bridgehead atoms. The first-order valence-corrected chi connectivity index (χ1v) is 5.63. The van der Waals surface area contributed by atoms with Crippen molar-refractivity contribution in [2.24, 2.45) is 0 Å². The van der Waals surface area contributed by atoms with Crippen molar-refractivity contribution < 1.29 is 4.79 Å². The summed E-state index contributed by atoms with van der Waals surface area (Å²) in [6, 6.07) is 6.24.